The zero-order chi connectivity index (χ0) is 17.3. The van der Waals surface area contributed by atoms with Crippen molar-refractivity contribution in [3.05, 3.63) is 84.3 Å². The molecule has 3 atom stereocenters. The average molecular weight is 332 g/mol. The first-order valence-electron chi connectivity index (χ1n) is 9.59. The Morgan fingerprint density at radius 3 is 2.12 bits per heavy atom. The van der Waals surface area contributed by atoms with Crippen LogP contribution >= 0.6 is 0 Å². The van der Waals surface area contributed by atoms with Gasteiger partial charge in [0.05, 0.1) is 7.11 Å². The Hall–Kier alpha value is -1.73. The topological polar surface area (TPSA) is 9.23 Å². The van der Waals surface area contributed by atoms with E-state index in [0.717, 1.165) is 0 Å². The van der Waals surface area contributed by atoms with Crippen molar-refractivity contribution >= 4 is 0 Å². The van der Waals surface area contributed by atoms with Gasteiger partial charge in [-0.25, -0.2) is 0 Å². The van der Waals surface area contributed by atoms with Crippen LogP contribution in [0.3, 0.4) is 0 Å². The number of hydrogen-bond donors (Lipinski definition) is 0. The Kier molecular flexibility index (Phi) is 4.60. The number of hydrogen-bond acceptors (Lipinski definition) is 1. The van der Waals surface area contributed by atoms with Crippen molar-refractivity contribution in [1.29, 1.82) is 0 Å². The van der Waals surface area contributed by atoms with Crippen LogP contribution in [0.5, 0.6) is 0 Å². The average Bonchev–Trinajstić information content (AvgIpc) is 3.21. The van der Waals surface area contributed by atoms with Gasteiger partial charge in [0.2, 0.25) is 6.10 Å². The van der Waals surface area contributed by atoms with E-state index in [4.69, 9.17) is 4.74 Å². The van der Waals surface area contributed by atoms with Crippen molar-refractivity contribution in [3.63, 3.8) is 0 Å². The van der Waals surface area contributed by atoms with Gasteiger partial charge in [0, 0.05) is 11.3 Å². The van der Waals surface area contributed by atoms with Gasteiger partial charge in [-0.05, 0) is 49.1 Å². The standard InChI is InChI=1S/C24H28O/c1-18(25-2)23-15-9-10-19(23)16-22-17-24(22,20-11-5-3-6-12-20)21-13-7-4-8-14-21/h3-8,11-14,16,19,22-23H,9-10,15,17H2,1-2H3/q+1. The minimum Gasteiger partial charge on any atom is -0.197 e. The maximum absolute atomic E-state index is 5.58. The number of ether oxygens (including phenoxy) is 1. The molecule has 0 amide bonds. The van der Waals surface area contributed by atoms with Gasteiger partial charge in [0.15, 0.2) is 0 Å². The molecule has 3 unspecified atom stereocenters. The lowest BCUT2D eigenvalue weighted by molar-refractivity contribution is 0.149. The second-order valence-corrected chi connectivity index (χ2v) is 7.72. The Labute approximate surface area is 152 Å². The van der Waals surface area contributed by atoms with Gasteiger partial charge in [-0.1, -0.05) is 60.7 Å². The summed E-state index contributed by atoms with van der Waals surface area (Å²) in [5.74, 6) is 1.90. The molecule has 4 rings (SSSR count). The highest BCUT2D eigenvalue weighted by Gasteiger charge is 2.58. The van der Waals surface area contributed by atoms with Crippen molar-refractivity contribution < 1.29 is 4.74 Å². The predicted octanol–water partition coefficient (Wildman–Crippen LogP) is 5.81. The molecule has 0 N–H and O–H groups in total. The molecular formula is C24H28O+. The number of rotatable bonds is 6. The lowest BCUT2D eigenvalue weighted by Crippen LogP contribution is -2.20. The molecule has 0 aliphatic heterocycles. The molecule has 0 bridgehead atoms. The molecule has 0 spiro atoms. The van der Waals surface area contributed by atoms with E-state index in [1.807, 2.05) is 7.11 Å². The van der Waals surface area contributed by atoms with E-state index in [1.165, 1.54) is 42.9 Å². The summed E-state index contributed by atoms with van der Waals surface area (Å²) in [4.78, 5) is 0. The molecule has 25 heavy (non-hydrogen) atoms. The smallest absolute Gasteiger partial charge is 0.197 e. The highest BCUT2D eigenvalue weighted by molar-refractivity contribution is 5.48. The third-order valence-corrected chi connectivity index (χ3v) is 6.49. The number of benzene rings is 2. The second kappa shape index (κ2) is 6.88. The van der Waals surface area contributed by atoms with E-state index < -0.39 is 0 Å². The third kappa shape index (κ3) is 3.00. The highest BCUT2D eigenvalue weighted by Crippen LogP contribution is 2.62. The molecule has 2 saturated carbocycles. The quantitative estimate of drug-likeness (QED) is 0.606. The fourth-order valence-electron chi connectivity index (χ4n) is 5.00. The van der Waals surface area contributed by atoms with E-state index in [2.05, 4.69) is 74.0 Å². The normalized spacial score (nSPS) is 27.2. The van der Waals surface area contributed by atoms with Crippen LogP contribution in [0, 0.1) is 30.3 Å². The summed E-state index contributed by atoms with van der Waals surface area (Å²) in [5.41, 5.74) is 3.10. The maximum Gasteiger partial charge on any atom is 0.240 e. The molecule has 1 heteroatoms. The molecule has 2 fully saturated rings. The monoisotopic (exact) mass is 332 g/mol. The zero-order valence-electron chi connectivity index (χ0n) is 15.3. The minimum absolute atomic E-state index is 0.177. The van der Waals surface area contributed by atoms with Crippen LogP contribution in [-0.2, 0) is 10.2 Å². The molecular weight excluding hydrogens is 304 g/mol. The SMILES string of the molecule is CO[C+](C)C1CCCC1[CH]C1CC1(c1ccccc1)c1ccccc1. The molecule has 1 nitrogen and oxygen atoms in total. The van der Waals surface area contributed by atoms with E-state index in [9.17, 15) is 0 Å². The van der Waals surface area contributed by atoms with Crippen LogP contribution < -0.4 is 0 Å². The van der Waals surface area contributed by atoms with E-state index in [1.54, 1.807) is 0 Å². The first kappa shape index (κ1) is 16.7. The van der Waals surface area contributed by atoms with Gasteiger partial charge < -0.3 is 0 Å². The summed E-state index contributed by atoms with van der Waals surface area (Å²) in [6.07, 6.45) is 9.02. The Balaban J connectivity index is 1.59. The van der Waals surface area contributed by atoms with Crippen molar-refractivity contribution in [1.82, 2.24) is 0 Å². The van der Waals surface area contributed by atoms with Gasteiger partial charge in [0.25, 0.3) is 0 Å². The summed E-state index contributed by atoms with van der Waals surface area (Å²) in [6, 6.07) is 22.2. The van der Waals surface area contributed by atoms with Crippen LogP contribution in [0.4, 0.5) is 0 Å². The minimum atomic E-state index is 0.177. The highest BCUT2D eigenvalue weighted by atomic mass is 16.5. The third-order valence-electron chi connectivity index (χ3n) is 6.49. The van der Waals surface area contributed by atoms with Crippen LogP contribution in [0.25, 0.3) is 0 Å². The Morgan fingerprint density at radius 1 is 0.960 bits per heavy atom. The van der Waals surface area contributed by atoms with Crippen molar-refractivity contribution in [3.8, 4) is 0 Å². The summed E-state index contributed by atoms with van der Waals surface area (Å²) < 4.78 is 5.58. The largest absolute Gasteiger partial charge is 0.240 e. The van der Waals surface area contributed by atoms with E-state index >= 15 is 0 Å². The maximum atomic E-state index is 5.58. The van der Waals surface area contributed by atoms with Gasteiger partial charge >= 0.3 is 0 Å². The van der Waals surface area contributed by atoms with Crippen LogP contribution in [0.1, 0.15) is 43.7 Å². The number of methoxy groups -OCH3 is 1. The van der Waals surface area contributed by atoms with Gasteiger partial charge in [-0.2, -0.15) is 4.74 Å². The van der Waals surface area contributed by atoms with Crippen LogP contribution in [0.15, 0.2) is 60.7 Å². The first-order valence-corrected chi connectivity index (χ1v) is 9.59. The van der Waals surface area contributed by atoms with Crippen LogP contribution in [0.2, 0.25) is 0 Å². The molecule has 2 aliphatic rings. The van der Waals surface area contributed by atoms with Gasteiger partial charge in [0.1, 0.15) is 12.8 Å². The molecule has 1 radical (unpaired) electrons. The van der Waals surface area contributed by atoms with Gasteiger partial charge in [-0.3, -0.25) is 0 Å². The van der Waals surface area contributed by atoms with Gasteiger partial charge in [-0.15, -0.1) is 0 Å². The van der Waals surface area contributed by atoms with Crippen molar-refractivity contribution in [2.24, 2.45) is 17.8 Å². The summed E-state index contributed by atoms with van der Waals surface area (Å²) in [7, 11) is 1.82. The van der Waals surface area contributed by atoms with Crippen molar-refractivity contribution in [2.75, 3.05) is 7.11 Å². The predicted molar refractivity (Wildman–Crippen MR) is 103 cm³/mol. The fourth-order valence-corrected chi connectivity index (χ4v) is 5.00. The lowest BCUT2D eigenvalue weighted by atomic mass is 9.81. The molecule has 2 aromatic rings. The molecule has 129 valence electrons. The molecule has 0 saturated heterocycles. The lowest BCUT2D eigenvalue weighted by Gasteiger charge is -2.21. The first-order chi connectivity index (χ1) is 12.3. The summed E-state index contributed by atoms with van der Waals surface area (Å²) in [5, 5.41) is 0. The summed E-state index contributed by atoms with van der Waals surface area (Å²) in [6.45, 7) is 2.16. The Bertz CT molecular complexity index is 638. The van der Waals surface area contributed by atoms with E-state index in [0.29, 0.717) is 17.8 Å². The fraction of sp³-hybridized carbons (Fsp3) is 0.417. The zero-order valence-corrected chi connectivity index (χ0v) is 15.3. The van der Waals surface area contributed by atoms with Crippen molar-refractivity contribution in [2.45, 2.75) is 38.0 Å². The Morgan fingerprint density at radius 2 is 1.56 bits per heavy atom. The molecule has 0 heterocycles. The molecule has 2 aliphatic carbocycles. The van der Waals surface area contributed by atoms with Crippen LogP contribution in [-0.4, -0.2) is 7.11 Å². The summed E-state index contributed by atoms with van der Waals surface area (Å²) >= 11 is 0. The van der Waals surface area contributed by atoms with E-state index in [-0.39, 0.29) is 5.41 Å². The second-order valence-electron chi connectivity index (χ2n) is 7.72. The molecule has 2 aromatic carbocycles. The molecule has 0 aromatic heterocycles.